The lowest BCUT2D eigenvalue weighted by Gasteiger charge is -2.28. The van der Waals surface area contributed by atoms with Crippen LogP contribution >= 0.6 is 7.82 Å². The number of hydrogen-bond acceptors (Lipinski definition) is 8. The van der Waals surface area contributed by atoms with E-state index in [0.717, 1.165) is 96.3 Å². The molecule has 0 amide bonds. The second kappa shape index (κ2) is 69.7. The van der Waals surface area contributed by atoms with Gasteiger partial charge in [0.05, 0.1) is 27.7 Å². The summed E-state index contributed by atoms with van der Waals surface area (Å²) in [4.78, 5) is 38.1. The molecule has 0 saturated carbocycles. The Balaban J connectivity index is 4.08. The third-order valence-electron chi connectivity index (χ3n) is 16.0. The molecule has 0 spiro atoms. The Labute approximate surface area is 556 Å². The maximum Gasteiger partial charge on any atom is 0.306 e. The summed E-state index contributed by atoms with van der Waals surface area (Å²) in [5.41, 5.74) is 0. The molecule has 0 saturated heterocycles. The first-order chi connectivity index (χ1) is 44.0. The third-order valence-corrected chi connectivity index (χ3v) is 16.9. The minimum Gasteiger partial charge on any atom is -0.756 e. The summed E-state index contributed by atoms with van der Waals surface area (Å²) >= 11 is 0. The van der Waals surface area contributed by atoms with Crippen molar-refractivity contribution in [3.63, 3.8) is 0 Å². The topological polar surface area (TPSA) is 111 Å². The van der Waals surface area contributed by atoms with Gasteiger partial charge in [-0.05, 0) is 109 Å². The zero-order valence-corrected chi connectivity index (χ0v) is 59.9. The highest BCUT2D eigenvalue weighted by Crippen LogP contribution is 2.38. The molecule has 0 rings (SSSR count). The number of nitrogens with zero attached hydrogens (tertiary/aromatic N) is 1. The molecule has 0 aromatic rings. The van der Waals surface area contributed by atoms with Crippen molar-refractivity contribution in [2.45, 2.75) is 328 Å². The lowest BCUT2D eigenvalue weighted by Crippen LogP contribution is -2.37. The monoisotopic (exact) mass is 1270 g/mol. The molecule has 0 heterocycles. The Morgan fingerprint density at radius 2 is 0.633 bits per heavy atom. The van der Waals surface area contributed by atoms with Crippen molar-refractivity contribution in [1.82, 2.24) is 0 Å². The molecule has 10 heteroatoms. The minimum atomic E-state index is -4.66. The molecule has 0 aromatic heterocycles. The first kappa shape index (κ1) is 86.4. The zero-order chi connectivity index (χ0) is 65.5. The maximum absolute atomic E-state index is 12.9. The molecular formula is C80H140NO8P. The number of quaternary nitrogens is 1. The van der Waals surface area contributed by atoms with Crippen LogP contribution in [0.4, 0.5) is 0 Å². The van der Waals surface area contributed by atoms with E-state index >= 15 is 0 Å². The third kappa shape index (κ3) is 73.5. The lowest BCUT2D eigenvalue weighted by molar-refractivity contribution is -0.870. The van der Waals surface area contributed by atoms with E-state index in [2.05, 4.69) is 135 Å². The number of carbonyl (C=O) groups excluding carboxylic acids is 2. The lowest BCUT2D eigenvalue weighted by atomic mass is 10.0. The molecule has 9 nitrogen and oxygen atoms in total. The molecule has 2 unspecified atom stereocenters. The Bertz CT molecular complexity index is 1940. The predicted molar refractivity (Wildman–Crippen MR) is 388 cm³/mol. The van der Waals surface area contributed by atoms with E-state index in [1.54, 1.807) is 0 Å². The summed E-state index contributed by atoms with van der Waals surface area (Å²) in [5.74, 6) is -0.868. The maximum atomic E-state index is 12.9. The molecule has 0 fully saturated rings. The highest BCUT2D eigenvalue weighted by molar-refractivity contribution is 7.45. The molecular weight excluding hydrogens is 1130 g/mol. The van der Waals surface area contributed by atoms with Crippen molar-refractivity contribution in [3.05, 3.63) is 122 Å². The highest BCUT2D eigenvalue weighted by Gasteiger charge is 2.22. The molecule has 90 heavy (non-hydrogen) atoms. The van der Waals surface area contributed by atoms with Crippen molar-refractivity contribution in [2.75, 3.05) is 47.5 Å². The van der Waals surface area contributed by atoms with Crippen molar-refractivity contribution in [1.29, 1.82) is 0 Å². The minimum absolute atomic E-state index is 0.0427. The quantitative estimate of drug-likeness (QED) is 0.0195. The van der Waals surface area contributed by atoms with Crippen LogP contribution in [0.3, 0.4) is 0 Å². The number of phosphoric acid groups is 1. The molecule has 0 aliphatic rings. The molecule has 0 aliphatic carbocycles. The van der Waals surface area contributed by atoms with E-state index in [-0.39, 0.29) is 26.1 Å². The molecule has 0 bridgehead atoms. The molecule has 0 aromatic carbocycles. The van der Waals surface area contributed by atoms with Gasteiger partial charge < -0.3 is 27.9 Å². The second-order valence-electron chi connectivity index (χ2n) is 25.9. The number of carbonyl (C=O) groups is 2. The molecule has 0 radical (unpaired) electrons. The van der Waals surface area contributed by atoms with E-state index < -0.39 is 32.5 Å². The van der Waals surface area contributed by atoms with Crippen LogP contribution in [0.25, 0.3) is 0 Å². The highest BCUT2D eigenvalue weighted by atomic mass is 31.2. The van der Waals surface area contributed by atoms with Gasteiger partial charge in [0.1, 0.15) is 19.8 Å². The summed E-state index contributed by atoms with van der Waals surface area (Å²) < 4.78 is 34.3. The van der Waals surface area contributed by atoms with E-state index in [4.69, 9.17) is 18.5 Å². The first-order valence-corrected chi connectivity index (χ1v) is 38.7. The normalized spacial score (nSPS) is 13.8. The van der Waals surface area contributed by atoms with E-state index in [1.165, 1.54) is 193 Å². The van der Waals surface area contributed by atoms with Crippen LogP contribution < -0.4 is 4.89 Å². The Kier molecular flexibility index (Phi) is 67.0. The summed E-state index contributed by atoms with van der Waals surface area (Å²) in [7, 11) is 1.14. The fourth-order valence-corrected chi connectivity index (χ4v) is 11.0. The van der Waals surface area contributed by atoms with Gasteiger partial charge in [0.25, 0.3) is 7.82 Å². The van der Waals surface area contributed by atoms with Crippen molar-refractivity contribution >= 4 is 19.8 Å². The van der Waals surface area contributed by atoms with Crippen LogP contribution in [0.15, 0.2) is 122 Å². The average Bonchev–Trinajstić information content (AvgIpc) is 3.58. The van der Waals surface area contributed by atoms with Gasteiger partial charge >= 0.3 is 11.9 Å². The van der Waals surface area contributed by atoms with Gasteiger partial charge in [0, 0.05) is 12.8 Å². The van der Waals surface area contributed by atoms with Gasteiger partial charge in [-0.25, -0.2) is 0 Å². The number of esters is 2. The van der Waals surface area contributed by atoms with Crippen LogP contribution in [-0.4, -0.2) is 70.0 Å². The molecule has 0 aliphatic heterocycles. The summed E-state index contributed by atoms with van der Waals surface area (Å²) in [5, 5.41) is 0. The largest absolute Gasteiger partial charge is 0.756 e. The predicted octanol–water partition coefficient (Wildman–Crippen LogP) is 24.0. The van der Waals surface area contributed by atoms with Crippen LogP contribution in [0.5, 0.6) is 0 Å². The number of allylic oxidation sites excluding steroid dienone is 20. The fourth-order valence-electron chi connectivity index (χ4n) is 10.3. The Morgan fingerprint density at radius 1 is 0.356 bits per heavy atom. The van der Waals surface area contributed by atoms with Gasteiger partial charge in [-0.2, -0.15) is 0 Å². The van der Waals surface area contributed by atoms with Gasteiger partial charge in [-0.1, -0.05) is 322 Å². The number of likely N-dealkylation sites (N-methyl/N-ethyl adjacent to an activating group) is 1. The van der Waals surface area contributed by atoms with Crippen LogP contribution in [0.2, 0.25) is 0 Å². The summed E-state index contributed by atoms with van der Waals surface area (Å²) in [6.45, 7) is 4.11. The Hall–Kier alpha value is -3.59. The number of hydrogen-bond donors (Lipinski definition) is 0. The first-order valence-electron chi connectivity index (χ1n) is 37.2. The number of ether oxygens (including phenoxy) is 2. The van der Waals surface area contributed by atoms with Gasteiger partial charge in [0.15, 0.2) is 6.10 Å². The van der Waals surface area contributed by atoms with Gasteiger partial charge in [0.2, 0.25) is 0 Å². The smallest absolute Gasteiger partial charge is 0.306 e. The fraction of sp³-hybridized carbons (Fsp3) is 0.725. The average molecular weight is 1270 g/mol. The number of unbranched alkanes of at least 4 members (excludes halogenated alkanes) is 34. The SMILES string of the molecule is CC/C=C\C/C=C\C/C=C\C/C=C\C/C=C\C/C=C\C/C=C\C/C=C\C/C=C\CCCCCC(=O)OC(COC(=O)CCCCCCCCCCCCCCCCCCCCCCCCC/C=C\CCCCCCCCCC)COP(=O)([O-])OCC[N+](C)(C)C. The van der Waals surface area contributed by atoms with E-state index in [9.17, 15) is 19.0 Å². The van der Waals surface area contributed by atoms with Crippen LogP contribution in [-0.2, 0) is 32.7 Å². The van der Waals surface area contributed by atoms with Crippen molar-refractivity contribution in [2.24, 2.45) is 0 Å². The molecule has 2 atom stereocenters. The molecule has 518 valence electrons. The van der Waals surface area contributed by atoms with E-state index in [1.807, 2.05) is 21.1 Å². The molecule has 0 N–H and O–H groups in total. The standard InChI is InChI=1S/C80H140NO8P/c1-6-8-10-12-14-16-18-20-22-24-26-28-30-32-34-36-38-39-40-41-43-44-46-48-50-52-54-56-58-60-62-64-66-68-70-72-79(82)86-76-78(77-88-90(84,85)87-75-74-81(3,4)5)89-80(83)73-71-69-67-65-63-61-59-57-55-53-51-49-47-45-42-37-35-33-31-29-27-25-23-21-19-17-15-13-11-9-7-2/h9,11,15,17,21,23-24,26-27,29,33,35,42,45,49,51,55,57,61,63,78H,6-8,10,12-14,16,18-20,22,25,28,30-32,34,36-41,43-44,46-48,50,52-54,56,58-60,62,64-77H2,1-5H3/b11-9-,17-15-,23-21-,26-24-,29-27-,35-33-,45-42-,51-49-,57-55-,63-61-. The van der Waals surface area contributed by atoms with Gasteiger partial charge in [-0.15, -0.1) is 0 Å². The zero-order valence-electron chi connectivity index (χ0n) is 59.1. The van der Waals surface area contributed by atoms with E-state index in [0.29, 0.717) is 17.4 Å². The van der Waals surface area contributed by atoms with Crippen LogP contribution in [0.1, 0.15) is 322 Å². The van der Waals surface area contributed by atoms with Crippen molar-refractivity contribution in [3.8, 4) is 0 Å². The summed E-state index contributed by atoms with van der Waals surface area (Å²) in [6, 6.07) is 0. The summed E-state index contributed by atoms with van der Waals surface area (Å²) in [6.07, 6.45) is 100. The van der Waals surface area contributed by atoms with Crippen molar-refractivity contribution < 1.29 is 42.1 Å². The number of phosphoric ester groups is 1. The number of rotatable bonds is 68. The van der Waals surface area contributed by atoms with Gasteiger partial charge in [-0.3, -0.25) is 14.2 Å². The second-order valence-corrected chi connectivity index (χ2v) is 27.3. The Morgan fingerprint density at radius 3 is 0.967 bits per heavy atom. The van der Waals surface area contributed by atoms with Crippen LogP contribution in [0, 0.1) is 0 Å².